The molecule has 0 bridgehead atoms. The van der Waals surface area contributed by atoms with Crippen molar-refractivity contribution < 1.29 is 4.74 Å². The van der Waals surface area contributed by atoms with Crippen molar-refractivity contribution in [2.24, 2.45) is 5.92 Å². The van der Waals surface area contributed by atoms with Crippen molar-refractivity contribution >= 4 is 23.1 Å². The van der Waals surface area contributed by atoms with Gasteiger partial charge in [0, 0.05) is 27.2 Å². The van der Waals surface area contributed by atoms with Gasteiger partial charge in [0.15, 0.2) is 11.0 Å². The molecule has 5 nitrogen and oxygen atoms in total. The van der Waals surface area contributed by atoms with Crippen LogP contribution in [0.3, 0.4) is 0 Å². The van der Waals surface area contributed by atoms with Crippen LogP contribution in [0.5, 0.6) is 0 Å². The van der Waals surface area contributed by atoms with Crippen molar-refractivity contribution in [3.63, 3.8) is 0 Å². The Morgan fingerprint density at radius 3 is 3.06 bits per heavy atom. The predicted octanol–water partition coefficient (Wildman–Crippen LogP) is 2.03. The molecule has 0 saturated carbocycles. The van der Waals surface area contributed by atoms with Crippen LogP contribution in [-0.4, -0.2) is 43.8 Å². The molecule has 1 aliphatic rings. The van der Waals surface area contributed by atoms with E-state index in [1.54, 1.807) is 0 Å². The minimum Gasteiger partial charge on any atom is -0.383 e. The molecule has 2 rings (SSSR count). The summed E-state index contributed by atoms with van der Waals surface area (Å²) in [5.74, 6) is 1.39. The molecule has 0 amide bonds. The van der Waals surface area contributed by atoms with Crippen LogP contribution in [0, 0.1) is 5.92 Å². The molecule has 2 heterocycles. The standard InChI is InChI=1S/C12H19ClN4O/c1-14-10-11(13)15-8-16-12(10)17(2)6-9-4-3-5-18-7-9/h8-9,14H,3-7H2,1-2H3. The van der Waals surface area contributed by atoms with E-state index in [4.69, 9.17) is 16.3 Å². The molecule has 1 N–H and O–H groups in total. The first-order valence-electron chi connectivity index (χ1n) is 6.19. The molecule has 0 aliphatic carbocycles. The SMILES string of the molecule is CNc1c(Cl)ncnc1N(C)CC1CCCOC1. The largest absolute Gasteiger partial charge is 0.383 e. The van der Waals surface area contributed by atoms with E-state index < -0.39 is 0 Å². The third kappa shape index (κ3) is 3.03. The number of anilines is 2. The zero-order valence-corrected chi connectivity index (χ0v) is 11.6. The maximum Gasteiger partial charge on any atom is 0.157 e. The molecule has 1 aromatic rings. The number of ether oxygens (including phenoxy) is 1. The average Bonchev–Trinajstić information content (AvgIpc) is 2.39. The Balaban J connectivity index is 2.07. The zero-order chi connectivity index (χ0) is 13.0. The summed E-state index contributed by atoms with van der Waals surface area (Å²) in [4.78, 5) is 10.4. The highest BCUT2D eigenvalue weighted by molar-refractivity contribution is 6.32. The molecule has 1 aliphatic heterocycles. The number of hydrogen-bond donors (Lipinski definition) is 1. The van der Waals surface area contributed by atoms with Gasteiger partial charge in [0.2, 0.25) is 0 Å². The lowest BCUT2D eigenvalue weighted by molar-refractivity contribution is 0.0576. The van der Waals surface area contributed by atoms with Crippen LogP contribution in [0.1, 0.15) is 12.8 Å². The fourth-order valence-electron chi connectivity index (χ4n) is 2.29. The summed E-state index contributed by atoms with van der Waals surface area (Å²) in [6.07, 6.45) is 3.84. The van der Waals surface area contributed by atoms with E-state index in [0.29, 0.717) is 11.1 Å². The van der Waals surface area contributed by atoms with Gasteiger partial charge in [-0.3, -0.25) is 0 Å². The van der Waals surface area contributed by atoms with E-state index in [2.05, 4.69) is 20.2 Å². The van der Waals surface area contributed by atoms with Gasteiger partial charge in [-0.1, -0.05) is 11.6 Å². The lowest BCUT2D eigenvalue weighted by atomic mass is 10.0. The van der Waals surface area contributed by atoms with E-state index >= 15 is 0 Å². The fraction of sp³-hybridized carbons (Fsp3) is 0.667. The maximum atomic E-state index is 6.05. The van der Waals surface area contributed by atoms with Crippen molar-refractivity contribution in [1.29, 1.82) is 0 Å². The van der Waals surface area contributed by atoms with Crippen LogP contribution in [0.15, 0.2) is 6.33 Å². The van der Waals surface area contributed by atoms with Crippen LogP contribution in [0.2, 0.25) is 5.15 Å². The van der Waals surface area contributed by atoms with Gasteiger partial charge < -0.3 is 15.0 Å². The van der Waals surface area contributed by atoms with Gasteiger partial charge in [0.25, 0.3) is 0 Å². The highest BCUT2D eigenvalue weighted by Gasteiger charge is 2.19. The first-order valence-corrected chi connectivity index (χ1v) is 6.57. The molecule has 1 saturated heterocycles. The molecule has 1 unspecified atom stereocenters. The second-order valence-corrected chi connectivity index (χ2v) is 4.93. The first kappa shape index (κ1) is 13.4. The molecule has 18 heavy (non-hydrogen) atoms. The Kier molecular flexibility index (Phi) is 4.60. The van der Waals surface area contributed by atoms with Gasteiger partial charge in [0.05, 0.1) is 6.61 Å². The number of halogens is 1. The summed E-state index contributed by atoms with van der Waals surface area (Å²) in [6, 6.07) is 0. The maximum absolute atomic E-state index is 6.05. The molecule has 0 spiro atoms. The van der Waals surface area contributed by atoms with Crippen molar-refractivity contribution in [3.05, 3.63) is 11.5 Å². The number of rotatable bonds is 4. The first-order chi connectivity index (χ1) is 8.72. The summed E-state index contributed by atoms with van der Waals surface area (Å²) < 4.78 is 5.50. The second kappa shape index (κ2) is 6.20. The van der Waals surface area contributed by atoms with E-state index in [1.807, 2.05) is 14.1 Å². The van der Waals surface area contributed by atoms with Gasteiger partial charge >= 0.3 is 0 Å². The molecule has 100 valence electrons. The van der Waals surface area contributed by atoms with Crippen molar-refractivity contribution in [2.45, 2.75) is 12.8 Å². The summed E-state index contributed by atoms with van der Waals surface area (Å²) in [7, 11) is 3.85. The van der Waals surface area contributed by atoms with Crippen molar-refractivity contribution in [3.8, 4) is 0 Å². The van der Waals surface area contributed by atoms with Crippen LogP contribution in [0.25, 0.3) is 0 Å². The van der Waals surface area contributed by atoms with Gasteiger partial charge in [-0.2, -0.15) is 0 Å². The molecule has 0 radical (unpaired) electrons. The molecule has 1 fully saturated rings. The van der Waals surface area contributed by atoms with Gasteiger partial charge in [-0.05, 0) is 18.8 Å². The normalized spacial score (nSPS) is 19.6. The quantitative estimate of drug-likeness (QED) is 0.849. The Labute approximate surface area is 113 Å². The van der Waals surface area contributed by atoms with Crippen molar-refractivity contribution in [1.82, 2.24) is 9.97 Å². The third-order valence-electron chi connectivity index (χ3n) is 3.18. The number of nitrogens with one attached hydrogen (secondary N) is 1. The molecular weight excluding hydrogens is 252 g/mol. The Bertz CT molecular complexity index is 396. The van der Waals surface area contributed by atoms with Crippen molar-refractivity contribution in [2.75, 3.05) is 44.1 Å². The predicted molar refractivity (Wildman–Crippen MR) is 73.4 cm³/mol. The summed E-state index contributed by atoms with van der Waals surface area (Å²) in [5, 5.41) is 3.51. The zero-order valence-electron chi connectivity index (χ0n) is 10.8. The highest BCUT2D eigenvalue weighted by Crippen LogP contribution is 2.29. The lowest BCUT2D eigenvalue weighted by Gasteiger charge is -2.28. The summed E-state index contributed by atoms with van der Waals surface area (Å²) >= 11 is 6.05. The molecular formula is C12H19ClN4O. The minimum atomic E-state index is 0.453. The van der Waals surface area contributed by atoms with Gasteiger partial charge in [0.1, 0.15) is 12.0 Å². The average molecular weight is 271 g/mol. The van der Waals surface area contributed by atoms with E-state index in [1.165, 1.54) is 12.7 Å². The van der Waals surface area contributed by atoms with Crippen LogP contribution in [-0.2, 0) is 4.74 Å². The molecule has 1 atom stereocenters. The van der Waals surface area contributed by atoms with Crippen LogP contribution < -0.4 is 10.2 Å². The number of aromatic nitrogens is 2. The third-order valence-corrected chi connectivity index (χ3v) is 3.47. The lowest BCUT2D eigenvalue weighted by Crippen LogP contribution is -2.31. The van der Waals surface area contributed by atoms with Crippen LogP contribution in [0.4, 0.5) is 11.5 Å². The Morgan fingerprint density at radius 1 is 1.56 bits per heavy atom. The summed E-state index contributed by atoms with van der Waals surface area (Å²) in [6.45, 7) is 2.64. The van der Waals surface area contributed by atoms with Gasteiger partial charge in [-0.15, -0.1) is 0 Å². The Hall–Kier alpha value is -1.07. The molecule has 6 heteroatoms. The Morgan fingerprint density at radius 2 is 2.39 bits per heavy atom. The second-order valence-electron chi connectivity index (χ2n) is 4.58. The minimum absolute atomic E-state index is 0.453. The van der Waals surface area contributed by atoms with Gasteiger partial charge in [-0.25, -0.2) is 9.97 Å². The van der Waals surface area contributed by atoms with E-state index in [9.17, 15) is 0 Å². The molecule has 1 aromatic heterocycles. The van der Waals surface area contributed by atoms with E-state index in [0.717, 1.165) is 37.7 Å². The summed E-state index contributed by atoms with van der Waals surface area (Å²) in [5.41, 5.74) is 0.776. The molecule has 0 aromatic carbocycles. The number of nitrogens with zero attached hydrogens (tertiary/aromatic N) is 3. The fourth-order valence-corrected chi connectivity index (χ4v) is 2.51. The number of hydrogen-bond acceptors (Lipinski definition) is 5. The topological polar surface area (TPSA) is 50.3 Å². The van der Waals surface area contributed by atoms with E-state index in [-0.39, 0.29) is 0 Å². The highest BCUT2D eigenvalue weighted by atomic mass is 35.5. The monoisotopic (exact) mass is 270 g/mol. The van der Waals surface area contributed by atoms with Crippen LogP contribution >= 0.6 is 11.6 Å². The smallest absolute Gasteiger partial charge is 0.157 e.